The van der Waals surface area contributed by atoms with E-state index in [1.165, 1.54) is 22.5 Å². The number of aromatic nitrogens is 2. The molecule has 1 aromatic carbocycles. The fourth-order valence-electron chi connectivity index (χ4n) is 5.86. The highest BCUT2D eigenvalue weighted by atomic mass is 16.3. The van der Waals surface area contributed by atoms with Crippen LogP contribution in [0.4, 0.5) is 11.4 Å². The van der Waals surface area contributed by atoms with E-state index in [9.17, 15) is 5.11 Å². The molecular formula is C26H34N6O. The summed E-state index contributed by atoms with van der Waals surface area (Å²) >= 11 is 0. The lowest BCUT2D eigenvalue weighted by atomic mass is 10.1. The maximum atomic E-state index is 10.2. The van der Waals surface area contributed by atoms with Crippen molar-refractivity contribution in [3.8, 4) is 11.1 Å². The molecule has 7 nitrogen and oxygen atoms in total. The van der Waals surface area contributed by atoms with Gasteiger partial charge in [0, 0.05) is 75.5 Å². The van der Waals surface area contributed by atoms with Crippen molar-refractivity contribution in [2.45, 2.75) is 32.0 Å². The number of aliphatic hydroxyl groups is 1. The van der Waals surface area contributed by atoms with Gasteiger partial charge in [0.2, 0.25) is 0 Å². The highest BCUT2D eigenvalue weighted by molar-refractivity contribution is 5.80. The summed E-state index contributed by atoms with van der Waals surface area (Å²) in [5.74, 6) is 0. The molecule has 3 aliphatic heterocycles. The van der Waals surface area contributed by atoms with Crippen molar-refractivity contribution in [2.75, 3.05) is 62.2 Å². The molecule has 7 heteroatoms. The Hall–Kier alpha value is -2.61. The Morgan fingerprint density at radius 1 is 0.909 bits per heavy atom. The summed E-state index contributed by atoms with van der Waals surface area (Å²) in [6, 6.07) is 13.9. The summed E-state index contributed by atoms with van der Waals surface area (Å²) in [5.41, 5.74) is 6.13. The smallest absolute Gasteiger partial charge is 0.107 e. The van der Waals surface area contributed by atoms with Crippen molar-refractivity contribution in [3.05, 3.63) is 48.8 Å². The molecule has 3 fully saturated rings. The summed E-state index contributed by atoms with van der Waals surface area (Å²) in [5, 5.41) is 14.8. The number of rotatable bonds is 4. The van der Waals surface area contributed by atoms with Crippen molar-refractivity contribution in [2.24, 2.45) is 0 Å². The second kappa shape index (κ2) is 8.63. The lowest BCUT2D eigenvalue weighted by Crippen LogP contribution is -2.52. The van der Waals surface area contributed by atoms with Crippen LogP contribution in [0, 0.1) is 0 Å². The number of nitrogens with zero attached hydrogens (tertiary/aromatic N) is 6. The number of hydrogen-bond donors (Lipinski definition) is 1. The topological polar surface area (TPSA) is 50.5 Å². The molecule has 2 aromatic heterocycles. The van der Waals surface area contributed by atoms with Crippen LogP contribution in [0.5, 0.6) is 0 Å². The SMILES string of the molecule is CCN1CCN(c2ccc(-c3cc4c(N5CCN6C(O)CCC6C5)ccnn4c3)cc2)CC1. The van der Waals surface area contributed by atoms with Gasteiger partial charge in [-0.25, -0.2) is 4.52 Å². The lowest BCUT2D eigenvalue weighted by molar-refractivity contribution is 0.0130. The summed E-state index contributed by atoms with van der Waals surface area (Å²) < 4.78 is 2.01. The molecule has 0 radical (unpaired) electrons. The maximum Gasteiger partial charge on any atom is 0.107 e. The van der Waals surface area contributed by atoms with E-state index in [2.05, 4.69) is 74.2 Å². The maximum absolute atomic E-state index is 10.2. The van der Waals surface area contributed by atoms with E-state index in [1.54, 1.807) is 0 Å². The molecule has 1 N–H and O–H groups in total. The van der Waals surface area contributed by atoms with Gasteiger partial charge in [-0.2, -0.15) is 5.10 Å². The largest absolute Gasteiger partial charge is 0.378 e. The van der Waals surface area contributed by atoms with Crippen molar-refractivity contribution < 1.29 is 5.11 Å². The van der Waals surface area contributed by atoms with Crippen molar-refractivity contribution in [1.29, 1.82) is 0 Å². The van der Waals surface area contributed by atoms with Gasteiger partial charge < -0.3 is 19.8 Å². The molecule has 0 bridgehead atoms. The molecule has 3 aliphatic rings. The molecule has 2 unspecified atom stereocenters. The average molecular weight is 447 g/mol. The van der Waals surface area contributed by atoms with Crippen LogP contribution in [-0.2, 0) is 0 Å². The molecule has 2 atom stereocenters. The number of anilines is 2. The van der Waals surface area contributed by atoms with E-state index < -0.39 is 0 Å². The Balaban J connectivity index is 1.22. The van der Waals surface area contributed by atoms with E-state index in [4.69, 9.17) is 0 Å². The van der Waals surface area contributed by atoms with Gasteiger partial charge in [-0.15, -0.1) is 0 Å². The third-order valence-corrected chi connectivity index (χ3v) is 7.88. The Bertz CT molecular complexity index is 1100. The quantitative estimate of drug-likeness (QED) is 0.665. The van der Waals surface area contributed by atoms with Gasteiger partial charge >= 0.3 is 0 Å². The van der Waals surface area contributed by atoms with Gasteiger partial charge in [0.25, 0.3) is 0 Å². The van der Waals surface area contributed by atoms with Crippen LogP contribution in [-0.4, -0.2) is 89.1 Å². The Morgan fingerprint density at radius 3 is 2.48 bits per heavy atom. The molecule has 3 aromatic rings. The molecule has 3 saturated heterocycles. The van der Waals surface area contributed by atoms with Crippen LogP contribution in [0.2, 0.25) is 0 Å². The average Bonchev–Trinajstić information content (AvgIpc) is 3.47. The van der Waals surface area contributed by atoms with Crippen molar-refractivity contribution in [1.82, 2.24) is 19.4 Å². The number of benzene rings is 1. The van der Waals surface area contributed by atoms with Gasteiger partial charge in [0.05, 0.1) is 11.2 Å². The minimum absolute atomic E-state index is 0.256. The Labute approximate surface area is 195 Å². The minimum Gasteiger partial charge on any atom is -0.378 e. The molecule has 6 rings (SSSR count). The second-order valence-electron chi connectivity index (χ2n) is 9.64. The number of likely N-dealkylation sites (N-methyl/N-ethyl adjacent to an activating group) is 1. The number of piperazine rings is 2. The first kappa shape index (κ1) is 21.0. The van der Waals surface area contributed by atoms with Gasteiger partial charge in [-0.3, -0.25) is 4.90 Å². The third-order valence-electron chi connectivity index (χ3n) is 7.88. The van der Waals surface area contributed by atoms with Crippen LogP contribution in [0.15, 0.2) is 48.8 Å². The first-order valence-electron chi connectivity index (χ1n) is 12.4. The minimum atomic E-state index is -0.256. The highest BCUT2D eigenvalue weighted by Gasteiger charge is 2.36. The first-order chi connectivity index (χ1) is 16.2. The van der Waals surface area contributed by atoms with Gasteiger partial charge in [-0.1, -0.05) is 19.1 Å². The lowest BCUT2D eigenvalue weighted by Gasteiger charge is -2.40. The molecule has 174 valence electrons. The van der Waals surface area contributed by atoms with Crippen molar-refractivity contribution >= 4 is 16.9 Å². The molecular weight excluding hydrogens is 412 g/mol. The highest BCUT2D eigenvalue weighted by Crippen LogP contribution is 2.33. The second-order valence-corrected chi connectivity index (χ2v) is 9.64. The zero-order valence-electron chi connectivity index (χ0n) is 19.5. The van der Waals surface area contributed by atoms with Crippen molar-refractivity contribution in [3.63, 3.8) is 0 Å². The van der Waals surface area contributed by atoms with E-state index in [-0.39, 0.29) is 6.23 Å². The zero-order valence-corrected chi connectivity index (χ0v) is 19.5. The first-order valence-corrected chi connectivity index (χ1v) is 12.4. The zero-order chi connectivity index (χ0) is 22.4. The third kappa shape index (κ3) is 3.88. The van der Waals surface area contributed by atoms with E-state index in [0.717, 1.165) is 70.7 Å². The van der Waals surface area contributed by atoms with Crippen LogP contribution >= 0.6 is 0 Å². The van der Waals surface area contributed by atoms with Crippen LogP contribution < -0.4 is 9.80 Å². The normalized spacial score (nSPS) is 24.5. The molecule has 5 heterocycles. The molecule has 33 heavy (non-hydrogen) atoms. The Kier molecular flexibility index (Phi) is 5.48. The summed E-state index contributed by atoms with van der Waals surface area (Å²) in [4.78, 5) is 9.74. The fourth-order valence-corrected chi connectivity index (χ4v) is 5.86. The van der Waals surface area contributed by atoms with Gasteiger partial charge in [-0.05, 0) is 49.2 Å². The molecule has 0 amide bonds. The predicted molar refractivity (Wildman–Crippen MR) is 133 cm³/mol. The summed E-state index contributed by atoms with van der Waals surface area (Å²) in [6.45, 7) is 10.7. The number of fused-ring (bicyclic) bond motifs is 2. The van der Waals surface area contributed by atoms with E-state index >= 15 is 0 Å². The summed E-state index contributed by atoms with van der Waals surface area (Å²) in [6.07, 6.45) is 5.76. The van der Waals surface area contributed by atoms with Crippen LogP contribution in [0.1, 0.15) is 19.8 Å². The monoisotopic (exact) mass is 446 g/mol. The van der Waals surface area contributed by atoms with Crippen LogP contribution in [0.3, 0.4) is 0 Å². The predicted octanol–water partition coefficient (Wildman–Crippen LogP) is 2.75. The standard InChI is InChI=1S/C26H34N6O/c1-2-28-11-13-29(14-12-28)22-5-3-20(4-6-22)21-17-25-24(9-10-27-32(25)18-21)30-15-16-31-23(19-30)7-8-26(31)33/h3-6,9-10,17-18,23,26,33H,2,7-8,11-16,19H2,1H3. The van der Waals surface area contributed by atoms with E-state index in [1.807, 2.05) is 10.7 Å². The molecule has 0 aliphatic carbocycles. The number of aliphatic hydroxyl groups excluding tert-OH is 1. The number of hydrogen-bond acceptors (Lipinski definition) is 6. The summed E-state index contributed by atoms with van der Waals surface area (Å²) in [7, 11) is 0. The molecule has 0 spiro atoms. The van der Waals surface area contributed by atoms with Gasteiger partial charge in [0.1, 0.15) is 6.23 Å². The van der Waals surface area contributed by atoms with Crippen LogP contribution in [0.25, 0.3) is 16.6 Å². The van der Waals surface area contributed by atoms with E-state index in [0.29, 0.717) is 6.04 Å². The fraction of sp³-hybridized carbons (Fsp3) is 0.500. The van der Waals surface area contributed by atoms with Gasteiger partial charge in [0.15, 0.2) is 0 Å². The Morgan fingerprint density at radius 2 is 1.70 bits per heavy atom. The molecule has 0 saturated carbocycles.